The molecule has 4 aromatic rings. The number of carbonyl (C=O) groups is 5. The smallest absolute Gasteiger partial charge is 0.255 e. The standard InChI is InChI=1S/C36H31FN4O5/c37-29-18-26(36(14-15-36)40-32(43)17-22-6-3-5-21-4-1-2-7-27(21)22)10-8-24(29)19-38-33(44)23-9-11-28-25(16-23)20-41(35(28)46)30-12-13-31(42)39-34(30)45/h1-11,16,18,30H,12-15,17,19-20H2,(H,38,44)(H,40,43)(H,39,42,45). The molecule has 0 aromatic heterocycles. The van der Waals surface area contributed by atoms with Gasteiger partial charge in [-0.3, -0.25) is 29.3 Å². The van der Waals surface area contributed by atoms with Gasteiger partial charge in [0.1, 0.15) is 11.9 Å². The predicted octanol–water partition coefficient (Wildman–Crippen LogP) is 4.02. The number of fused-ring (bicyclic) bond motifs is 2. The van der Waals surface area contributed by atoms with E-state index >= 15 is 4.39 Å². The van der Waals surface area contributed by atoms with Crippen molar-refractivity contribution in [2.45, 2.75) is 56.8 Å². The molecule has 232 valence electrons. The molecule has 1 atom stereocenters. The number of carbonyl (C=O) groups excluding carboxylic acids is 5. The van der Waals surface area contributed by atoms with Gasteiger partial charge in [0, 0.05) is 36.2 Å². The zero-order chi connectivity index (χ0) is 32.0. The number of piperidine rings is 1. The van der Waals surface area contributed by atoms with E-state index in [9.17, 15) is 24.0 Å². The van der Waals surface area contributed by atoms with Crippen molar-refractivity contribution in [1.82, 2.24) is 20.9 Å². The van der Waals surface area contributed by atoms with Gasteiger partial charge < -0.3 is 15.5 Å². The zero-order valence-corrected chi connectivity index (χ0v) is 24.9. The highest BCUT2D eigenvalue weighted by Gasteiger charge is 2.46. The van der Waals surface area contributed by atoms with Crippen LogP contribution in [0.2, 0.25) is 0 Å². The average molecular weight is 619 g/mol. The first-order valence-electron chi connectivity index (χ1n) is 15.3. The maximum absolute atomic E-state index is 15.3. The van der Waals surface area contributed by atoms with Gasteiger partial charge in [-0.15, -0.1) is 0 Å². The molecule has 0 bridgehead atoms. The van der Waals surface area contributed by atoms with Crippen molar-refractivity contribution in [1.29, 1.82) is 0 Å². The van der Waals surface area contributed by atoms with Crippen LogP contribution in [0.5, 0.6) is 0 Å². The largest absolute Gasteiger partial charge is 0.348 e. The van der Waals surface area contributed by atoms with E-state index < -0.39 is 29.2 Å². The van der Waals surface area contributed by atoms with Gasteiger partial charge in [-0.2, -0.15) is 0 Å². The maximum atomic E-state index is 15.3. The lowest BCUT2D eigenvalue weighted by atomic mass is 10.00. The predicted molar refractivity (Wildman–Crippen MR) is 167 cm³/mol. The first-order chi connectivity index (χ1) is 22.2. The summed E-state index contributed by atoms with van der Waals surface area (Å²) < 4.78 is 15.3. The highest BCUT2D eigenvalue weighted by Crippen LogP contribution is 2.46. The fraction of sp³-hybridized carbons (Fsp3) is 0.250. The molecule has 3 N–H and O–H groups in total. The van der Waals surface area contributed by atoms with Crippen molar-refractivity contribution >= 4 is 40.3 Å². The van der Waals surface area contributed by atoms with Crippen molar-refractivity contribution in [3.05, 3.63) is 118 Å². The first kappa shape index (κ1) is 29.3. The summed E-state index contributed by atoms with van der Waals surface area (Å²) in [7, 11) is 0. The number of hydrogen-bond donors (Lipinski definition) is 3. The Morgan fingerprint density at radius 2 is 1.74 bits per heavy atom. The number of nitrogens with one attached hydrogen (secondary N) is 3. The SMILES string of the molecule is O=C1CCC(N2Cc3cc(C(=O)NCc4ccc(C5(NC(=O)Cc6cccc7ccccc67)CC5)cc4F)ccc3C2=O)C(=O)N1. The van der Waals surface area contributed by atoms with Crippen molar-refractivity contribution in [3.63, 3.8) is 0 Å². The van der Waals surface area contributed by atoms with Crippen LogP contribution in [-0.4, -0.2) is 40.5 Å². The summed E-state index contributed by atoms with van der Waals surface area (Å²) in [5, 5.41) is 10.2. The number of amides is 5. The Balaban J connectivity index is 0.975. The third-order valence-corrected chi connectivity index (χ3v) is 9.19. The number of benzene rings is 4. The highest BCUT2D eigenvalue weighted by atomic mass is 19.1. The van der Waals surface area contributed by atoms with E-state index in [1.165, 1.54) is 17.0 Å². The van der Waals surface area contributed by atoms with E-state index in [0.717, 1.165) is 16.3 Å². The number of rotatable bonds is 8. The molecule has 4 aromatic carbocycles. The van der Waals surface area contributed by atoms with Gasteiger partial charge in [0.2, 0.25) is 17.7 Å². The molecule has 5 amide bonds. The molecule has 2 heterocycles. The third kappa shape index (κ3) is 5.51. The van der Waals surface area contributed by atoms with E-state index in [0.29, 0.717) is 40.7 Å². The van der Waals surface area contributed by atoms with Crippen LogP contribution in [-0.2, 0) is 39.4 Å². The Bertz CT molecular complexity index is 1950. The van der Waals surface area contributed by atoms with Gasteiger partial charge in [0.05, 0.1) is 12.0 Å². The molecular weight excluding hydrogens is 587 g/mol. The van der Waals surface area contributed by atoms with E-state index in [1.807, 2.05) is 42.5 Å². The fourth-order valence-electron chi connectivity index (χ4n) is 6.52. The van der Waals surface area contributed by atoms with Crippen LogP contribution in [0, 0.1) is 5.82 Å². The summed E-state index contributed by atoms with van der Waals surface area (Å²) in [5.74, 6) is -2.22. The van der Waals surface area contributed by atoms with Crippen LogP contribution < -0.4 is 16.0 Å². The molecule has 0 spiro atoms. The van der Waals surface area contributed by atoms with Crippen LogP contribution in [0.1, 0.15) is 68.7 Å². The molecule has 2 fully saturated rings. The van der Waals surface area contributed by atoms with Gasteiger partial charge in [0.25, 0.3) is 11.8 Å². The molecule has 10 heteroatoms. The number of halogens is 1. The van der Waals surface area contributed by atoms with Crippen molar-refractivity contribution < 1.29 is 28.4 Å². The summed E-state index contributed by atoms with van der Waals surface area (Å²) in [6.07, 6.45) is 2.06. The Kier molecular flexibility index (Phi) is 7.35. The van der Waals surface area contributed by atoms with Crippen LogP contribution >= 0.6 is 0 Å². The van der Waals surface area contributed by atoms with Gasteiger partial charge in [-0.05, 0) is 71.0 Å². The molecule has 1 aliphatic carbocycles. The number of nitrogens with zero attached hydrogens (tertiary/aromatic N) is 1. The summed E-state index contributed by atoms with van der Waals surface area (Å²) in [6.45, 7) is 0.0989. The minimum Gasteiger partial charge on any atom is -0.348 e. The van der Waals surface area contributed by atoms with E-state index in [-0.39, 0.29) is 50.1 Å². The monoisotopic (exact) mass is 618 g/mol. The Labute approximate surface area is 264 Å². The highest BCUT2D eigenvalue weighted by molar-refractivity contribution is 6.06. The topological polar surface area (TPSA) is 125 Å². The Morgan fingerprint density at radius 1 is 0.935 bits per heavy atom. The molecule has 46 heavy (non-hydrogen) atoms. The van der Waals surface area contributed by atoms with Gasteiger partial charge in [-0.1, -0.05) is 54.6 Å². The molecular formula is C36H31FN4O5. The van der Waals surface area contributed by atoms with Crippen molar-refractivity contribution in [3.8, 4) is 0 Å². The normalized spacial score (nSPS) is 18.2. The maximum Gasteiger partial charge on any atom is 0.255 e. The Hall–Kier alpha value is -5.38. The average Bonchev–Trinajstić information content (AvgIpc) is 3.75. The van der Waals surface area contributed by atoms with Gasteiger partial charge in [-0.25, -0.2) is 4.39 Å². The van der Waals surface area contributed by atoms with Crippen LogP contribution in [0.15, 0.2) is 78.9 Å². The molecule has 2 aliphatic heterocycles. The minimum absolute atomic E-state index is 0.0518. The van der Waals surface area contributed by atoms with E-state index in [1.54, 1.807) is 24.3 Å². The van der Waals surface area contributed by atoms with Crippen LogP contribution in [0.3, 0.4) is 0 Å². The quantitative estimate of drug-likeness (QED) is 0.258. The molecule has 0 radical (unpaired) electrons. The summed E-state index contributed by atoms with van der Waals surface area (Å²) in [4.78, 5) is 64.2. The molecule has 3 aliphatic rings. The first-order valence-corrected chi connectivity index (χ1v) is 15.3. The van der Waals surface area contributed by atoms with Crippen LogP contribution in [0.4, 0.5) is 4.39 Å². The summed E-state index contributed by atoms with van der Waals surface area (Å²) in [5.41, 5.74) is 2.64. The third-order valence-electron chi connectivity index (χ3n) is 9.19. The second-order valence-electron chi connectivity index (χ2n) is 12.2. The second kappa shape index (κ2) is 11.5. The summed E-state index contributed by atoms with van der Waals surface area (Å²) >= 11 is 0. The lowest BCUT2D eigenvalue weighted by Gasteiger charge is -2.29. The molecule has 9 nitrogen and oxygen atoms in total. The molecule has 1 saturated heterocycles. The number of hydrogen-bond acceptors (Lipinski definition) is 5. The van der Waals surface area contributed by atoms with Gasteiger partial charge >= 0.3 is 0 Å². The zero-order valence-electron chi connectivity index (χ0n) is 24.9. The lowest BCUT2D eigenvalue weighted by molar-refractivity contribution is -0.137. The minimum atomic E-state index is -0.742. The van der Waals surface area contributed by atoms with Crippen LogP contribution in [0.25, 0.3) is 10.8 Å². The second-order valence-corrected chi connectivity index (χ2v) is 12.2. The van der Waals surface area contributed by atoms with Crippen molar-refractivity contribution in [2.75, 3.05) is 0 Å². The lowest BCUT2D eigenvalue weighted by Crippen LogP contribution is -2.52. The van der Waals surface area contributed by atoms with Gasteiger partial charge in [0.15, 0.2) is 0 Å². The number of imide groups is 1. The molecule has 1 unspecified atom stereocenters. The molecule has 7 rings (SSSR count). The Morgan fingerprint density at radius 3 is 2.52 bits per heavy atom. The fourth-order valence-corrected chi connectivity index (χ4v) is 6.52. The molecule has 1 saturated carbocycles. The van der Waals surface area contributed by atoms with E-state index in [2.05, 4.69) is 16.0 Å². The van der Waals surface area contributed by atoms with E-state index in [4.69, 9.17) is 0 Å². The summed E-state index contributed by atoms with van der Waals surface area (Å²) in [6, 6.07) is 22.6. The van der Waals surface area contributed by atoms with Crippen molar-refractivity contribution in [2.24, 2.45) is 0 Å².